The van der Waals surface area contributed by atoms with Crippen molar-refractivity contribution in [3.05, 3.63) is 48.5 Å². The largest absolute Gasteiger partial charge is 0.490 e. The van der Waals surface area contributed by atoms with E-state index in [1.807, 2.05) is 0 Å². The Morgan fingerprint density at radius 2 is 0.515 bits per heavy atom. The summed E-state index contributed by atoms with van der Waals surface area (Å²) in [5, 5.41) is 4.23. The molecule has 366 valence electrons. The Morgan fingerprint density at radius 1 is 0.288 bits per heavy atom. The molecule has 6 nitrogen and oxygen atoms in total. The molecule has 0 unspecified atom stereocenters. The molecule has 0 saturated carbocycles. The highest BCUT2D eigenvalue weighted by Gasteiger charge is 2.20. The van der Waals surface area contributed by atoms with Crippen LogP contribution in [0.4, 0.5) is 0 Å². The molecule has 0 amide bonds. The van der Waals surface area contributed by atoms with Gasteiger partial charge in [0, 0.05) is 10.8 Å². The lowest BCUT2D eigenvalue weighted by Gasteiger charge is -2.19. The molecular weight excluding hydrogens is 813 g/mol. The molecule has 0 atom stereocenters. The van der Waals surface area contributed by atoms with Gasteiger partial charge in [0.2, 0.25) is 0 Å². The molecule has 0 aliphatic carbocycles. The van der Waals surface area contributed by atoms with Crippen molar-refractivity contribution in [3.8, 4) is 23.0 Å². The first-order valence-electron chi connectivity index (χ1n) is 27.8. The Kier molecular flexibility index (Phi) is 26.4. The number of hydrogen-bond acceptors (Lipinski definition) is 6. The van der Waals surface area contributed by atoms with Crippen LogP contribution in [0.1, 0.15) is 233 Å². The molecule has 0 bridgehead atoms. The van der Waals surface area contributed by atoms with Gasteiger partial charge in [-0.15, -0.1) is 0 Å². The quantitative estimate of drug-likeness (QED) is 0.0222. The smallest absolute Gasteiger partial charge is 0.161 e. The van der Waals surface area contributed by atoms with Gasteiger partial charge in [0.25, 0.3) is 0 Å². The average molecular weight is 905 g/mol. The molecule has 0 spiro atoms. The molecule has 0 radical (unpaired) electrons. The zero-order valence-electron chi connectivity index (χ0n) is 42.6. The van der Waals surface area contributed by atoms with Crippen molar-refractivity contribution in [2.45, 2.75) is 233 Å². The lowest BCUT2D eigenvalue weighted by molar-refractivity contribution is 0.258. The zero-order chi connectivity index (χ0) is 46.3. The summed E-state index contributed by atoms with van der Waals surface area (Å²) in [7, 11) is 0. The van der Waals surface area contributed by atoms with Crippen molar-refractivity contribution in [2.24, 2.45) is 0 Å². The molecule has 5 rings (SSSR count). The second-order valence-corrected chi connectivity index (χ2v) is 19.4. The number of fused-ring (bicyclic) bond motifs is 7. The molecule has 1 aromatic heterocycles. The van der Waals surface area contributed by atoms with Crippen LogP contribution in [-0.2, 0) is 0 Å². The van der Waals surface area contributed by atoms with Crippen LogP contribution in [0.3, 0.4) is 0 Å². The van der Waals surface area contributed by atoms with Crippen LogP contribution in [0.2, 0.25) is 0 Å². The summed E-state index contributed by atoms with van der Waals surface area (Å²) in [6, 6.07) is 17.1. The van der Waals surface area contributed by atoms with Crippen molar-refractivity contribution in [1.82, 2.24) is 9.97 Å². The van der Waals surface area contributed by atoms with E-state index >= 15 is 0 Å². The lowest BCUT2D eigenvalue weighted by Crippen LogP contribution is -2.04. The predicted molar refractivity (Wildman–Crippen MR) is 284 cm³/mol. The summed E-state index contributed by atoms with van der Waals surface area (Å²) in [5.41, 5.74) is 3.53. The van der Waals surface area contributed by atoms with E-state index in [-0.39, 0.29) is 0 Å². The van der Waals surface area contributed by atoms with Crippen LogP contribution in [0.25, 0.3) is 43.6 Å². The fourth-order valence-electron chi connectivity index (χ4n) is 9.46. The maximum atomic E-state index is 6.74. The normalized spacial score (nSPS) is 11.7. The minimum atomic E-state index is 0.672. The van der Waals surface area contributed by atoms with Gasteiger partial charge in [-0.05, 0) is 72.9 Å². The monoisotopic (exact) mass is 905 g/mol. The number of nitrogens with zero attached hydrogens (tertiary/aromatic N) is 2. The summed E-state index contributed by atoms with van der Waals surface area (Å²) in [6.45, 7) is 11.8. The van der Waals surface area contributed by atoms with E-state index in [2.05, 4.69) is 76.2 Å². The van der Waals surface area contributed by atoms with Gasteiger partial charge in [-0.3, -0.25) is 0 Å². The molecule has 1 heterocycles. The van der Waals surface area contributed by atoms with E-state index in [1.165, 1.54) is 180 Å². The molecule has 0 saturated heterocycles. The van der Waals surface area contributed by atoms with Crippen molar-refractivity contribution >= 4 is 43.6 Å². The molecule has 0 aliphatic heterocycles. The second kappa shape index (κ2) is 32.8. The molecule has 4 aromatic carbocycles. The summed E-state index contributed by atoms with van der Waals surface area (Å²) in [4.78, 5) is 10.7. The van der Waals surface area contributed by atoms with Crippen LogP contribution in [0.5, 0.6) is 23.0 Å². The van der Waals surface area contributed by atoms with Gasteiger partial charge in [-0.25, -0.2) is 9.97 Å². The van der Waals surface area contributed by atoms with Gasteiger partial charge >= 0.3 is 0 Å². The van der Waals surface area contributed by atoms with Gasteiger partial charge in [-0.1, -0.05) is 220 Å². The third-order valence-corrected chi connectivity index (χ3v) is 13.6. The Labute approximate surface area is 402 Å². The highest BCUT2D eigenvalue weighted by Crippen LogP contribution is 2.44. The second-order valence-electron chi connectivity index (χ2n) is 19.4. The number of unbranched alkanes of at least 4 members (excludes halogenated alkanes) is 28. The highest BCUT2D eigenvalue weighted by molar-refractivity contribution is 6.25. The minimum Gasteiger partial charge on any atom is -0.490 e. The minimum absolute atomic E-state index is 0.672. The number of ether oxygens (including phenoxy) is 4. The Morgan fingerprint density at radius 3 is 0.773 bits per heavy atom. The van der Waals surface area contributed by atoms with Gasteiger partial charge in [-0.2, -0.15) is 0 Å². The predicted octanol–water partition coefficient (Wildman–Crippen LogP) is 19.2. The van der Waals surface area contributed by atoms with Crippen molar-refractivity contribution in [2.75, 3.05) is 26.4 Å². The first kappa shape index (κ1) is 53.2. The van der Waals surface area contributed by atoms with Gasteiger partial charge < -0.3 is 18.9 Å². The van der Waals surface area contributed by atoms with E-state index in [4.69, 9.17) is 28.9 Å². The van der Waals surface area contributed by atoms with E-state index < -0.39 is 0 Å². The number of para-hydroxylation sites is 2. The first-order chi connectivity index (χ1) is 32.7. The van der Waals surface area contributed by atoms with Crippen molar-refractivity contribution < 1.29 is 18.9 Å². The topological polar surface area (TPSA) is 62.7 Å². The van der Waals surface area contributed by atoms with E-state index in [0.29, 0.717) is 26.4 Å². The number of rotatable bonds is 40. The number of aromatic nitrogens is 2. The van der Waals surface area contributed by atoms with Crippen molar-refractivity contribution in [3.63, 3.8) is 0 Å². The first-order valence-corrected chi connectivity index (χ1v) is 27.8. The van der Waals surface area contributed by atoms with E-state index in [9.17, 15) is 0 Å². The van der Waals surface area contributed by atoms with Crippen LogP contribution in [0.15, 0.2) is 48.5 Å². The molecule has 0 aliphatic rings. The molecule has 0 N–H and O–H groups in total. The number of benzene rings is 4. The van der Waals surface area contributed by atoms with Crippen LogP contribution in [-0.4, -0.2) is 36.4 Å². The van der Waals surface area contributed by atoms with Crippen molar-refractivity contribution in [1.29, 1.82) is 0 Å². The molecule has 5 aromatic rings. The third-order valence-electron chi connectivity index (χ3n) is 13.6. The SMILES string of the molecule is CCCCCCCCCCOc1cc2c3cc(OCCCCCCCCCC)c(OCCCCCCCCCC)cc3c3nc4ccccc4nc3c2cc1OCCCCCCCCCC. The highest BCUT2D eigenvalue weighted by atomic mass is 16.5. The van der Waals surface area contributed by atoms with Gasteiger partial charge in [0.05, 0.1) is 48.5 Å². The molecular formula is C60H92N2O4. The van der Waals surface area contributed by atoms with Crippen LogP contribution >= 0.6 is 0 Å². The average Bonchev–Trinajstić information content (AvgIpc) is 3.34. The summed E-state index contributed by atoms with van der Waals surface area (Å²) < 4.78 is 26.9. The molecule has 0 fully saturated rings. The summed E-state index contributed by atoms with van der Waals surface area (Å²) in [5.74, 6) is 3.24. The summed E-state index contributed by atoms with van der Waals surface area (Å²) >= 11 is 0. The maximum Gasteiger partial charge on any atom is 0.161 e. The Hall–Kier alpha value is -3.80. The number of hydrogen-bond donors (Lipinski definition) is 0. The Bertz CT molecular complexity index is 1920. The zero-order valence-corrected chi connectivity index (χ0v) is 42.6. The maximum absolute atomic E-state index is 6.74. The Balaban J connectivity index is 1.46. The van der Waals surface area contributed by atoms with Crippen LogP contribution in [0, 0.1) is 0 Å². The van der Waals surface area contributed by atoms with Gasteiger partial charge in [0.15, 0.2) is 23.0 Å². The lowest BCUT2D eigenvalue weighted by atomic mass is 9.97. The fourth-order valence-corrected chi connectivity index (χ4v) is 9.46. The fraction of sp³-hybridized carbons (Fsp3) is 0.667. The van der Waals surface area contributed by atoms with Gasteiger partial charge in [0.1, 0.15) is 0 Å². The van der Waals surface area contributed by atoms with E-state index in [1.54, 1.807) is 0 Å². The molecule has 66 heavy (non-hydrogen) atoms. The molecule has 6 heteroatoms. The third kappa shape index (κ3) is 18.4. The summed E-state index contributed by atoms with van der Waals surface area (Å²) in [6.07, 6.45) is 40.5. The standard InChI is InChI=1S/C60H92N2O4/c1-5-9-13-17-21-25-29-35-41-63-55-45-49-50-46-56(64-42-36-30-26-22-18-14-10-6-2)58(66-44-38-32-28-24-20-16-12-8-4)48-52(50)60-59(61-53-39-33-34-40-54(53)62-60)51(49)47-57(55)65-43-37-31-27-23-19-15-11-7-3/h33-34,39-40,45-48H,5-32,35-38,41-44H2,1-4H3. The van der Waals surface area contributed by atoms with Crippen LogP contribution < -0.4 is 18.9 Å². The van der Waals surface area contributed by atoms with E-state index in [0.717, 1.165) is 92.3 Å².